The van der Waals surface area contributed by atoms with Gasteiger partial charge in [0.15, 0.2) is 0 Å². The van der Waals surface area contributed by atoms with Gasteiger partial charge in [0.1, 0.15) is 17.2 Å². The van der Waals surface area contributed by atoms with Crippen LogP contribution in [0.2, 0.25) is 0 Å². The van der Waals surface area contributed by atoms with Crippen molar-refractivity contribution in [3.8, 4) is 22.5 Å². The first kappa shape index (κ1) is 24.8. The van der Waals surface area contributed by atoms with E-state index in [1.165, 1.54) is 29.7 Å². The molecule has 4 aromatic rings. The van der Waals surface area contributed by atoms with Crippen molar-refractivity contribution in [1.29, 1.82) is 0 Å². The Morgan fingerprint density at radius 3 is 2.41 bits per heavy atom. The Kier molecular flexibility index (Phi) is 6.60. The largest absolute Gasteiger partial charge is 0.455 e. The Morgan fingerprint density at radius 2 is 1.78 bits per heavy atom. The second kappa shape index (κ2) is 9.86. The van der Waals surface area contributed by atoms with Crippen molar-refractivity contribution in [2.75, 3.05) is 17.6 Å². The van der Waals surface area contributed by atoms with E-state index in [0.717, 1.165) is 18.4 Å². The minimum Gasteiger partial charge on any atom is -0.455 e. The first-order chi connectivity index (χ1) is 17.8. The van der Waals surface area contributed by atoms with E-state index in [4.69, 9.17) is 4.42 Å². The maximum Gasteiger partial charge on any atom is 0.255 e. The van der Waals surface area contributed by atoms with E-state index >= 15 is 0 Å². The number of nitrogens with zero attached hydrogens (tertiary/aromatic N) is 1. The van der Waals surface area contributed by atoms with Crippen molar-refractivity contribution in [1.82, 2.24) is 5.32 Å². The number of nitrogens with one attached hydrogen (secondary N) is 1. The number of anilines is 1. The van der Waals surface area contributed by atoms with E-state index < -0.39 is 15.8 Å². The van der Waals surface area contributed by atoms with E-state index in [-0.39, 0.29) is 17.7 Å². The van der Waals surface area contributed by atoms with Gasteiger partial charge in [0, 0.05) is 29.6 Å². The predicted molar refractivity (Wildman–Crippen MR) is 145 cm³/mol. The molecular formula is C29H27FN2O4S. The molecule has 0 bridgehead atoms. The molecule has 190 valence electrons. The molecular weight excluding hydrogens is 491 g/mol. The Bertz CT molecular complexity index is 1590. The lowest BCUT2D eigenvalue weighted by molar-refractivity contribution is 0.0964. The van der Waals surface area contributed by atoms with Gasteiger partial charge in [-0.3, -0.25) is 9.10 Å². The molecule has 1 aliphatic rings. The third kappa shape index (κ3) is 4.76. The molecule has 0 radical (unpaired) electrons. The van der Waals surface area contributed by atoms with E-state index in [0.29, 0.717) is 39.8 Å². The van der Waals surface area contributed by atoms with Crippen LogP contribution in [0.4, 0.5) is 10.1 Å². The van der Waals surface area contributed by atoms with Gasteiger partial charge in [0.2, 0.25) is 10.0 Å². The molecule has 1 unspecified atom stereocenters. The maximum atomic E-state index is 13.6. The van der Waals surface area contributed by atoms with Gasteiger partial charge in [-0.05, 0) is 55.2 Å². The van der Waals surface area contributed by atoms with Gasteiger partial charge < -0.3 is 9.73 Å². The second-order valence-corrected chi connectivity index (χ2v) is 11.0. The van der Waals surface area contributed by atoms with Crippen LogP contribution < -0.4 is 9.62 Å². The zero-order valence-electron chi connectivity index (χ0n) is 20.6. The van der Waals surface area contributed by atoms with Crippen molar-refractivity contribution < 1.29 is 22.0 Å². The molecule has 0 fully saturated rings. The molecule has 37 heavy (non-hydrogen) atoms. The van der Waals surface area contributed by atoms with Crippen LogP contribution in [0.1, 0.15) is 29.6 Å². The number of halogens is 1. The molecule has 0 saturated carbocycles. The third-order valence-corrected chi connectivity index (χ3v) is 7.76. The van der Waals surface area contributed by atoms with Crippen LogP contribution in [0, 0.1) is 5.82 Å². The fourth-order valence-electron chi connectivity index (χ4n) is 4.91. The highest BCUT2D eigenvalue weighted by atomic mass is 32.2. The number of hydrogen-bond acceptors (Lipinski definition) is 4. The van der Waals surface area contributed by atoms with Crippen LogP contribution in [-0.4, -0.2) is 33.7 Å². The molecule has 0 spiro atoms. The average Bonchev–Trinajstić information content (AvgIpc) is 3.27. The summed E-state index contributed by atoms with van der Waals surface area (Å²) in [6.07, 6.45) is 7.64. The van der Waals surface area contributed by atoms with Gasteiger partial charge >= 0.3 is 0 Å². The monoisotopic (exact) mass is 518 g/mol. The number of benzene rings is 3. The summed E-state index contributed by atoms with van der Waals surface area (Å²) in [4.78, 5) is 13.1. The maximum absolute atomic E-state index is 13.6. The topological polar surface area (TPSA) is 79.6 Å². The number of amides is 1. The fourth-order valence-corrected chi connectivity index (χ4v) is 6.09. The molecule has 1 aromatic heterocycles. The Balaban J connectivity index is 1.84. The standard InChI is InChI=1S/C29H27FN2O4S/c1-31-29(33)27-24-17-23(19-9-5-3-6-10-19)25(32(37(2,34)35)22-11-7-4-8-12-22)18-26(24)36-28(27)20-13-15-21(30)16-14-20/h3,5-7,9-11,13-18,22H,4,8,12H2,1-2H3,(H,31,33). The summed E-state index contributed by atoms with van der Waals surface area (Å²) >= 11 is 0. The van der Waals surface area contributed by atoms with E-state index in [9.17, 15) is 17.6 Å². The lowest BCUT2D eigenvalue weighted by Crippen LogP contribution is -2.39. The van der Waals surface area contributed by atoms with Gasteiger partial charge in [-0.2, -0.15) is 0 Å². The highest BCUT2D eigenvalue weighted by molar-refractivity contribution is 7.92. The normalized spacial score (nSPS) is 15.6. The minimum atomic E-state index is -3.68. The predicted octanol–water partition coefficient (Wildman–Crippen LogP) is 6.14. The molecule has 5 rings (SSSR count). The third-order valence-electron chi connectivity index (χ3n) is 6.58. The molecule has 8 heteroatoms. The summed E-state index contributed by atoms with van der Waals surface area (Å²) in [6, 6.07) is 18.3. The Labute approximate surface area is 215 Å². The summed E-state index contributed by atoms with van der Waals surface area (Å²) < 4.78 is 47.7. The van der Waals surface area contributed by atoms with E-state index in [1.54, 1.807) is 18.2 Å². The Morgan fingerprint density at radius 1 is 1.05 bits per heavy atom. The van der Waals surface area contributed by atoms with Gasteiger partial charge in [-0.15, -0.1) is 0 Å². The van der Waals surface area contributed by atoms with Crippen LogP contribution in [-0.2, 0) is 10.0 Å². The van der Waals surface area contributed by atoms with Crippen LogP contribution >= 0.6 is 0 Å². The number of carbonyl (C=O) groups is 1. The SMILES string of the molecule is CNC(=O)c1c(-c2ccc(F)cc2)oc2cc(N(C3C=CCCC3)S(C)(=O)=O)c(-c3ccccc3)cc12. The Hall–Kier alpha value is -3.91. The number of furan rings is 1. The average molecular weight is 519 g/mol. The smallest absolute Gasteiger partial charge is 0.255 e. The number of allylic oxidation sites excluding steroid dienone is 1. The zero-order valence-corrected chi connectivity index (χ0v) is 21.4. The van der Waals surface area contributed by atoms with Gasteiger partial charge in [0.05, 0.1) is 23.5 Å². The van der Waals surface area contributed by atoms with Crippen molar-refractivity contribution in [2.24, 2.45) is 0 Å². The number of fused-ring (bicyclic) bond motifs is 1. The summed E-state index contributed by atoms with van der Waals surface area (Å²) in [5, 5.41) is 3.20. The van der Waals surface area contributed by atoms with Gasteiger partial charge in [-0.1, -0.05) is 42.5 Å². The first-order valence-corrected chi connectivity index (χ1v) is 13.9. The van der Waals surface area contributed by atoms with E-state index in [1.807, 2.05) is 48.6 Å². The highest BCUT2D eigenvalue weighted by Gasteiger charge is 2.31. The van der Waals surface area contributed by atoms with E-state index in [2.05, 4.69) is 5.32 Å². The summed E-state index contributed by atoms with van der Waals surface area (Å²) in [5.74, 6) is -0.478. The van der Waals surface area contributed by atoms with Crippen LogP contribution in [0.15, 0.2) is 83.3 Å². The quantitative estimate of drug-likeness (QED) is 0.311. The van der Waals surface area contributed by atoms with Crippen LogP contribution in [0.25, 0.3) is 33.4 Å². The fraction of sp³-hybridized carbons (Fsp3) is 0.207. The second-order valence-electron chi connectivity index (χ2n) is 9.11. The summed E-state index contributed by atoms with van der Waals surface area (Å²) in [6.45, 7) is 0. The highest BCUT2D eigenvalue weighted by Crippen LogP contribution is 2.42. The molecule has 0 aliphatic heterocycles. The zero-order chi connectivity index (χ0) is 26.2. The van der Waals surface area contributed by atoms with Gasteiger partial charge in [-0.25, -0.2) is 12.8 Å². The number of sulfonamides is 1. The van der Waals surface area contributed by atoms with Crippen molar-refractivity contribution in [2.45, 2.75) is 25.3 Å². The van der Waals surface area contributed by atoms with Crippen LogP contribution in [0.3, 0.4) is 0 Å². The van der Waals surface area contributed by atoms with Crippen molar-refractivity contribution >= 4 is 32.6 Å². The van der Waals surface area contributed by atoms with Gasteiger partial charge in [0.25, 0.3) is 5.91 Å². The minimum absolute atomic E-state index is 0.286. The molecule has 3 aromatic carbocycles. The van der Waals surface area contributed by atoms with Crippen molar-refractivity contribution in [3.63, 3.8) is 0 Å². The molecule has 1 N–H and O–H groups in total. The molecule has 1 atom stereocenters. The lowest BCUT2D eigenvalue weighted by atomic mass is 9.97. The first-order valence-electron chi connectivity index (χ1n) is 12.1. The lowest BCUT2D eigenvalue weighted by Gasteiger charge is -2.33. The molecule has 1 heterocycles. The summed E-state index contributed by atoms with van der Waals surface area (Å²) in [7, 11) is -2.15. The molecule has 1 aliphatic carbocycles. The molecule has 0 saturated heterocycles. The summed E-state index contributed by atoms with van der Waals surface area (Å²) in [5.41, 5.74) is 3.14. The van der Waals surface area contributed by atoms with Crippen LogP contribution in [0.5, 0.6) is 0 Å². The number of carbonyl (C=O) groups excluding carboxylic acids is 1. The number of rotatable bonds is 6. The molecule has 1 amide bonds. The molecule has 6 nitrogen and oxygen atoms in total. The number of hydrogen-bond donors (Lipinski definition) is 1. The van der Waals surface area contributed by atoms with Crippen molar-refractivity contribution in [3.05, 3.63) is 90.3 Å².